The first-order valence-corrected chi connectivity index (χ1v) is 11.1. The largest absolute Gasteiger partial charge is 0.393 e. The summed E-state index contributed by atoms with van der Waals surface area (Å²) in [5.41, 5.74) is 0.718. The highest BCUT2D eigenvalue weighted by molar-refractivity contribution is 5.89. The van der Waals surface area contributed by atoms with Crippen LogP contribution in [0.5, 0.6) is 0 Å². The molecular weight excluding hydrogens is 398 g/mol. The maximum atomic E-state index is 12.6. The predicted octanol–water partition coefficient (Wildman–Crippen LogP) is 0.513. The molecule has 0 aliphatic carbocycles. The van der Waals surface area contributed by atoms with Crippen LogP contribution in [0.4, 0.5) is 10.5 Å². The average molecular weight is 430 g/mol. The lowest BCUT2D eigenvalue weighted by atomic mass is 10.0. The van der Waals surface area contributed by atoms with Crippen molar-refractivity contribution in [2.24, 2.45) is 0 Å². The van der Waals surface area contributed by atoms with Crippen LogP contribution in [-0.4, -0.2) is 83.2 Å². The van der Waals surface area contributed by atoms with Gasteiger partial charge in [-0.1, -0.05) is 18.2 Å². The Morgan fingerprint density at radius 1 is 1.16 bits per heavy atom. The number of hydrogen-bond donors (Lipinski definition) is 4. The van der Waals surface area contributed by atoms with Gasteiger partial charge in [-0.05, 0) is 37.8 Å². The smallest absolute Gasteiger partial charge is 0.319 e. The van der Waals surface area contributed by atoms with E-state index in [4.69, 9.17) is 0 Å². The van der Waals surface area contributed by atoms with Crippen LogP contribution < -0.4 is 16.0 Å². The summed E-state index contributed by atoms with van der Waals surface area (Å²) in [5.74, 6) is 0.0943. The highest BCUT2D eigenvalue weighted by Crippen LogP contribution is 2.26. The van der Waals surface area contributed by atoms with Crippen molar-refractivity contribution in [2.75, 3.05) is 31.5 Å². The van der Waals surface area contributed by atoms with Gasteiger partial charge in [-0.2, -0.15) is 0 Å². The van der Waals surface area contributed by atoms with Crippen LogP contribution in [0.15, 0.2) is 30.3 Å². The first kappa shape index (κ1) is 21.6. The molecule has 31 heavy (non-hydrogen) atoms. The van der Waals surface area contributed by atoms with Crippen LogP contribution >= 0.6 is 0 Å². The van der Waals surface area contributed by atoms with E-state index in [2.05, 4.69) is 20.9 Å². The van der Waals surface area contributed by atoms with Crippen LogP contribution in [-0.2, 0) is 9.59 Å². The van der Waals surface area contributed by atoms with E-state index in [1.54, 1.807) is 0 Å². The van der Waals surface area contributed by atoms with E-state index in [0.29, 0.717) is 58.3 Å². The molecule has 3 aliphatic rings. The number of hydrogen-bond acceptors (Lipinski definition) is 5. The summed E-state index contributed by atoms with van der Waals surface area (Å²) < 4.78 is 0. The number of fused-ring (bicyclic) bond motifs is 1. The fourth-order valence-corrected chi connectivity index (χ4v) is 4.79. The molecule has 1 aromatic rings. The number of amides is 4. The van der Waals surface area contributed by atoms with E-state index in [1.807, 2.05) is 35.2 Å². The number of anilines is 1. The highest BCUT2D eigenvalue weighted by Gasteiger charge is 2.43. The molecule has 3 saturated heterocycles. The van der Waals surface area contributed by atoms with Crippen molar-refractivity contribution in [3.05, 3.63) is 30.3 Å². The van der Waals surface area contributed by atoms with Gasteiger partial charge in [0.2, 0.25) is 11.8 Å². The third-order valence-corrected chi connectivity index (χ3v) is 6.50. The molecule has 1 aromatic carbocycles. The summed E-state index contributed by atoms with van der Waals surface area (Å²) in [6.07, 6.45) is 2.62. The summed E-state index contributed by atoms with van der Waals surface area (Å²) in [5, 5.41) is 18.4. The Kier molecular flexibility index (Phi) is 6.72. The van der Waals surface area contributed by atoms with Gasteiger partial charge < -0.3 is 26.0 Å². The normalized spacial score (nSPS) is 26.8. The van der Waals surface area contributed by atoms with Gasteiger partial charge in [0.15, 0.2) is 0 Å². The molecule has 4 rings (SSSR count). The van der Waals surface area contributed by atoms with Gasteiger partial charge >= 0.3 is 6.03 Å². The van der Waals surface area contributed by atoms with Crippen LogP contribution in [0.1, 0.15) is 32.1 Å². The van der Waals surface area contributed by atoms with Gasteiger partial charge in [0.25, 0.3) is 0 Å². The van der Waals surface area contributed by atoms with Crippen molar-refractivity contribution in [3.63, 3.8) is 0 Å². The lowest BCUT2D eigenvalue weighted by Gasteiger charge is -2.37. The number of carbonyl (C=O) groups is 3. The van der Waals surface area contributed by atoms with Gasteiger partial charge in [0, 0.05) is 50.4 Å². The summed E-state index contributed by atoms with van der Waals surface area (Å²) >= 11 is 0. The van der Waals surface area contributed by atoms with Crippen molar-refractivity contribution in [3.8, 4) is 0 Å². The van der Waals surface area contributed by atoms with E-state index in [1.165, 1.54) is 0 Å². The molecule has 3 fully saturated rings. The van der Waals surface area contributed by atoms with Crippen LogP contribution in [0, 0.1) is 0 Å². The molecule has 0 spiro atoms. The number of para-hydroxylation sites is 1. The molecule has 0 unspecified atom stereocenters. The zero-order valence-electron chi connectivity index (χ0n) is 17.6. The fourth-order valence-electron chi connectivity index (χ4n) is 4.79. The van der Waals surface area contributed by atoms with Gasteiger partial charge in [0.1, 0.15) is 0 Å². The Labute approximate surface area is 182 Å². The van der Waals surface area contributed by atoms with Crippen molar-refractivity contribution >= 4 is 23.5 Å². The Balaban J connectivity index is 1.28. The van der Waals surface area contributed by atoms with Crippen molar-refractivity contribution in [1.82, 2.24) is 20.4 Å². The first-order chi connectivity index (χ1) is 15.0. The number of nitrogens with one attached hydrogen (secondary N) is 3. The maximum absolute atomic E-state index is 12.6. The second-order valence-electron chi connectivity index (χ2n) is 8.66. The Morgan fingerprint density at radius 3 is 2.65 bits per heavy atom. The molecule has 9 heteroatoms. The van der Waals surface area contributed by atoms with E-state index in [0.717, 1.165) is 5.69 Å². The molecule has 0 aromatic heterocycles. The summed E-state index contributed by atoms with van der Waals surface area (Å²) in [7, 11) is 0. The van der Waals surface area contributed by atoms with Crippen molar-refractivity contribution in [2.45, 2.75) is 56.3 Å². The van der Waals surface area contributed by atoms with Crippen LogP contribution in [0.3, 0.4) is 0 Å². The van der Waals surface area contributed by atoms with Gasteiger partial charge in [-0.3, -0.25) is 14.5 Å². The number of piperidine rings is 1. The van der Waals surface area contributed by atoms with Crippen LogP contribution in [0.2, 0.25) is 0 Å². The molecule has 3 atom stereocenters. The fraction of sp³-hybridized carbons (Fsp3) is 0.591. The van der Waals surface area contributed by atoms with E-state index < -0.39 is 0 Å². The molecular formula is C22H31N5O4. The molecule has 4 N–H and O–H groups in total. The summed E-state index contributed by atoms with van der Waals surface area (Å²) in [6, 6.07) is 8.63. The zero-order chi connectivity index (χ0) is 21.8. The molecule has 0 radical (unpaired) electrons. The quantitative estimate of drug-likeness (QED) is 0.545. The standard InChI is InChI=1S/C22H31N5O4/c28-18-8-10-26(11-9-18)20(29)7-6-17-13-23-21(30)19-12-16(14-27(17)19)25-22(31)24-15-4-2-1-3-5-15/h1-5,16-19,28H,6-14H2,(H,23,30)(H2,24,25,31)/t16-,17-,19+/m1/s1. The lowest BCUT2D eigenvalue weighted by Crippen LogP contribution is -2.58. The van der Waals surface area contributed by atoms with Gasteiger partial charge in [0.05, 0.1) is 12.1 Å². The Hall–Kier alpha value is -2.65. The second kappa shape index (κ2) is 9.65. The minimum Gasteiger partial charge on any atom is -0.393 e. The molecule has 3 heterocycles. The second-order valence-corrected chi connectivity index (χ2v) is 8.66. The zero-order valence-corrected chi connectivity index (χ0v) is 17.6. The molecule has 0 bridgehead atoms. The SMILES string of the molecule is O=C(Nc1ccccc1)N[C@@H]1C[C@H]2C(=O)NC[C@@H](CCC(=O)N3CCC(O)CC3)N2C1. The number of likely N-dealkylation sites (tertiary alicyclic amines) is 1. The number of aliphatic hydroxyl groups excluding tert-OH is 1. The third-order valence-electron chi connectivity index (χ3n) is 6.50. The average Bonchev–Trinajstić information content (AvgIpc) is 3.19. The minimum absolute atomic E-state index is 0.0136. The maximum Gasteiger partial charge on any atom is 0.319 e. The first-order valence-electron chi connectivity index (χ1n) is 11.1. The number of urea groups is 1. The number of nitrogens with zero attached hydrogens (tertiary/aromatic N) is 2. The van der Waals surface area contributed by atoms with Gasteiger partial charge in [-0.15, -0.1) is 0 Å². The molecule has 4 amide bonds. The van der Waals surface area contributed by atoms with E-state index >= 15 is 0 Å². The van der Waals surface area contributed by atoms with Gasteiger partial charge in [-0.25, -0.2) is 4.79 Å². The number of rotatable bonds is 5. The number of aliphatic hydroxyl groups is 1. The topological polar surface area (TPSA) is 114 Å². The predicted molar refractivity (Wildman–Crippen MR) is 115 cm³/mol. The molecule has 3 aliphatic heterocycles. The van der Waals surface area contributed by atoms with Crippen LogP contribution in [0.25, 0.3) is 0 Å². The number of carbonyl (C=O) groups excluding carboxylic acids is 3. The van der Waals surface area contributed by atoms with E-state index in [9.17, 15) is 19.5 Å². The molecule has 168 valence electrons. The molecule has 9 nitrogen and oxygen atoms in total. The van der Waals surface area contributed by atoms with Crippen molar-refractivity contribution in [1.29, 1.82) is 0 Å². The highest BCUT2D eigenvalue weighted by atomic mass is 16.3. The van der Waals surface area contributed by atoms with E-state index in [-0.39, 0.29) is 42.1 Å². The Bertz CT molecular complexity index is 796. The van der Waals surface area contributed by atoms with Crippen molar-refractivity contribution < 1.29 is 19.5 Å². The lowest BCUT2D eigenvalue weighted by molar-refractivity contribution is -0.134. The monoisotopic (exact) mass is 429 g/mol. The summed E-state index contributed by atoms with van der Waals surface area (Å²) in [4.78, 5) is 41.2. The Morgan fingerprint density at radius 2 is 1.90 bits per heavy atom. The minimum atomic E-state index is -0.300. The summed E-state index contributed by atoms with van der Waals surface area (Å²) in [6.45, 7) is 2.33. The number of piperazine rings is 1. The molecule has 0 saturated carbocycles. The third kappa shape index (κ3) is 5.34. The number of benzene rings is 1.